The summed E-state index contributed by atoms with van der Waals surface area (Å²) >= 11 is 0. The van der Waals surface area contributed by atoms with Crippen molar-refractivity contribution >= 4 is 5.69 Å². The quantitative estimate of drug-likeness (QED) is 0.182. The van der Waals surface area contributed by atoms with Crippen molar-refractivity contribution < 1.29 is 84.7 Å². The summed E-state index contributed by atoms with van der Waals surface area (Å²) in [7, 11) is 0. The Balaban J connectivity index is 3.50. The average molecular weight is 585 g/mol. The van der Waals surface area contributed by atoms with Gasteiger partial charge in [-0.3, -0.25) is 10.1 Å². The molecule has 214 valence electrons. The van der Waals surface area contributed by atoms with Gasteiger partial charge in [-0.1, -0.05) is 0 Å². The van der Waals surface area contributed by atoms with Crippen LogP contribution in [-0.2, 0) is 0 Å². The fourth-order valence-electron chi connectivity index (χ4n) is 2.50. The van der Waals surface area contributed by atoms with E-state index in [0.717, 1.165) is 0 Å². The molecule has 0 fully saturated rings. The molecule has 0 aliphatic carbocycles. The van der Waals surface area contributed by atoms with Gasteiger partial charge in [-0.15, -0.1) is 0 Å². The Hall–Kier alpha value is -2.61. The van der Waals surface area contributed by atoms with Crippen LogP contribution in [0.15, 0.2) is 24.3 Å². The van der Waals surface area contributed by atoms with Crippen LogP contribution in [-0.4, -0.2) is 57.7 Å². The van der Waals surface area contributed by atoms with E-state index in [9.17, 15) is 89.9 Å². The van der Waals surface area contributed by atoms with E-state index < -0.39 is 76.3 Å². The molecule has 21 heteroatoms. The largest absolute Gasteiger partial charge is 0.460 e. The highest BCUT2D eigenvalue weighted by Crippen LogP contribution is 2.64. The van der Waals surface area contributed by atoms with Crippen molar-refractivity contribution in [3.8, 4) is 0 Å². The third kappa shape index (κ3) is 4.73. The molecular weight excluding hydrogens is 577 g/mol. The maximum Gasteiger partial charge on any atom is 0.460 e. The summed E-state index contributed by atoms with van der Waals surface area (Å²) in [6.45, 7) is 0. The van der Waals surface area contributed by atoms with Crippen molar-refractivity contribution in [1.29, 1.82) is 0 Å². The summed E-state index contributed by atoms with van der Waals surface area (Å²) in [6.07, 6.45) is -14.0. The summed E-state index contributed by atoms with van der Waals surface area (Å²) in [6, 6.07) is 1.58. The highest BCUT2D eigenvalue weighted by Gasteiger charge is 2.95. The van der Waals surface area contributed by atoms with Crippen LogP contribution in [0, 0.1) is 10.1 Å². The van der Waals surface area contributed by atoms with Gasteiger partial charge in [0.25, 0.3) is 5.69 Å². The molecule has 0 radical (unpaired) electrons. The van der Waals surface area contributed by atoms with Crippen LogP contribution in [0.3, 0.4) is 0 Å². The Kier molecular flexibility index (Phi) is 7.89. The molecule has 0 aliphatic rings. The predicted octanol–water partition coefficient (Wildman–Crippen LogP) is 7.03. The number of halogens is 17. The van der Waals surface area contributed by atoms with Crippen LogP contribution in [0.2, 0.25) is 0 Å². The second-order valence-corrected chi connectivity index (χ2v) is 7.22. The molecule has 1 unspecified atom stereocenters. The van der Waals surface area contributed by atoms with Crippen LogP contribution in [0.5, 0.6) is 0 Å². The molecule has 1 atom stereocenters. The van der Waals surface area contributed by atoms with Gasteiger partial charge in [-0.25, -0.2) is 0 Å². The number of nitro groups is 1. The van der Waals surface area contributed by atoms with E-state index in [1.165, 1.54) is 0 Å². The third-order valence-electron chi connectivity index (χ3n) is 4.73. The zero-order valence-electron chi connectivity index (χ0n) is 16.7. The maximum atomic E-state index is 13.9. The first-order chi connectivity index (χ1) is 16.0. The van der Waals surface area contributed by atoms with Gasteiger partial charge in [-0.2, -0.15) is 74.6 Å². The smallest absolute Gasteiger partial charge is 0.388 e. The van der Waals surface area contributed by atoms with E-state index in [4.69, 9.17) is 0 Å². The number of nitro benzene ring substituents is 1. The molecule has 0 saturated heterocycles. The molecule has 1 aromatic rings. The molecule has 1 N–H and O–H groups in total. The Bertz CT molecular complexity index is 987. The van der Waals surface area contributed by atoms with Gasteiger partial charge in [0.15, 0.2) is 0 Å². The molecule has 0 spiro atoms. The van der Waals surface area contributed by atoms with Gasteiger partial charge in [0.2, 0.25) is 0 Å². The molecule has 1 rings (SSSR count). The summed E-state index contributed by atoms with van der Waals surface area (Å²) in [5.41, 5.74) is -1.82. The van der Waals surface area contributed by atoms with E-state index in [1.807, 2.05) is 0 Å². The number of hydrogen-bond donors (Lipinski definition) is 1. The lowest BCUT2D eigenvalue weighted by molar-refractivity contribution is -0.462. The maximum absolute atomic E-state index is 13.9. The first-order valence-electron chi connectivity index (χ1n) is 8.68. The molecule has 0 saturated carbocycles. The number of non-ortho nitro benzene ring substituents is 1. The van der Waals surface area contributed by atoms with Crippen molar-refractivity contribution in [2.75, 3.05) is 0 Å². The second kappa shape index (κ2) is 9.00. The van der Waals surface area contributed by atoms with E-state index >= 15 is 0 Å². The van der Waals surface area contributed by atoms with Crippen molar-refractivity contribution in [2.45, 2.75) is 60.2 Å². The summed E-state index contributed by atoms with van der Waals surface area (Å²) in [4.78, 5) is 9.35. The van der Waals surface area contributed by atoms with Crippen LogP contribution in [0.1, 0.15) is 18.1 Å². The number of benzene rings is 1. The molecule has 0 heterocycles. The second-order valence-electron chi connectivity index (χ2n) is 7.22. The highest BCUT2D eigenvalue weighted by molar-refractivity contribution is 5.34. The molecular formula is C16H8F17NO3. The number of hydrogen-bond acceptors (Lipinski definition) is 3. The predicted molar refractivity (Wildman–Crippen MR) is 83.4 cm³/mol. The number of aliphatic hydroxyl groups is 1. The fourth-order valence-corrected chi connectivity index (χ4v) is 2.50. The minimum Gasteiger partial charge on any atom is -0.388 e. The average Bonchev–Trinajstić information content (AvgIpc) is 2.71. The summed E-state index contributed by atoms with van der Waals surface area (Å²) < 4.78 is 225. The first-order valence-corrected chi connectivity index (χ1v) is 8.68. The third-order valence-corrected chi connectivity index (χ3v) is 4.73. The molecule has 1 aromatic carbocycles. The Morgan fingerprint density at radius 1 is 0.622 bits per heavy atom. The highest BCUT2D eigenvalue weighted by atomic mass is 19.4. The molecule has 0 bridgehead atoms. The molecule has 0 aromatic heterocycles. The SMILES string of the molecule is O=[N+]([O-])c1ccc(C(O)CC(F)(F)C(F)(F)C(F)(F)C(F)(F)C(F)(F)C(F)(F)C(F)(F)C(F)(F)F)cc1. The van der Waals surface area contributed by atoms with Crippen molar-refractivity contribution in [3.63, 3.8) is 0 Å². The lowest BCUT2D eigenvalue weighted by Crippen LogP contribution is -2.74. The van der Waals surface area contributed by atoms with Gasteiger partial charge in [0, 0.05) is 18.6 Å². The molecule has 0 aliphatic heterocycles. The van der Waals surface area contributed by atoms with Crippen LogP contribution >= 0.6 is 0 Å². The standard InChI is InChI=1S/C16H8F17NO3/c17-9(18,5-8(35)6-1-3-7(4-2-6)34(36)37)10(19,20)11(21,22)12(23,24)13(25,26)14(27,28)15(29,30)16(31,32)33/h1-4,8,35H,5H2. The first kappa shape index (κ1) is 32.4. The summed E-state index contributed by atoms with van der Waals surface area (Å²) in [5.74, 6) is -57.4. The van der Waals surface area contributed by atoms with E-state index in [-0.39, 0.29) is 0 Å². The van der Waals surface area contributed by atoms with E-state index in [2.05, 4.69) is 0 Å². The van der Waals surface area contributed by atoms with Crippen LogP contribution in [0.4, 0.5) is 80.3 Å². The number of nitrogens with zero attached hydrogens (tertiary/aromatic N) is 1. The Morgan fingerprint density at radius 2 is 0.946 bits per heavy atom. The van der Waals surface area contributed by atoms with Crippen LogP contribution in [0.25, 0.3) is 0 Å². The minimum absolute atomic E-state index is 0.359. The van der Waals surface area contributed by atoms with Gasteiger partial charge in [0.1, 0.15) is 0 Å². The van der Waals surface area contributed by atoms with Gasteiger partial charge in [-0.05, 0) is 17.7 Å². The van der Waals surface area contributed by atoms with Gasteiger partial charge in [0.05, 0.1) is 11.0 Å². The summed E-state index contributed by atoms with van der Waals surface area (Å²) in [5, 5.41) is 20.0. The Morgan fingerprint density at radius 3 is 1.27 bits per heavy atom. The van der Waals surface area contributed by atoms with Crippen molar-refractivity contribution in [3.05, 3.63) is 39.9 Å². The number of alkyl halides is 17. The normalized spacial score (nSPS) is 16.1. The van der Waals surface area contributed by atoms with E-state index in [1.54, 1.807) is 0 Å². The lowest BCUT2D eigenvalue weighted by atomic mass is 9.87. The topological polar surface area (TPSA) is 63.4 Å². The number of aliphatic hydroxyl groups excluding tert-OH is 1. The number of rotatable bonds is 10. The minimum atomic E-state index is -8.74. The lowest BCUT2D eigenvalue weighted by Gasteiger charge is -2.43. The van der Waals surface area contributed by atoms with E-state index in [0.29, 0.717) is 24.3 Å². The van der Waals surface area contributed by atoms with Crippen LogP contribution < -0.4 is 0 Å². The van der Waals surface area contributed by atoms with Gasteiger partial charge < -0.3 is 5.11 Å². The Labute approximate surface area is 191 Å². The fraction of sp³-hybridized carbons (Fsp3) is 0.625. The van der Waals surface area contributed by atoms with Crippen molar-refractivity contribution in [1.82, 2.24) is 0 Å². The van der Waals surface area contributed by atoms with Crippen molar-refractivity contribution in [2.24, 2.45) is 0 Å². The zero-order chi connectivity index (χ0) is 29.8. The molecule has 0 amide bonds. The molecule has 37 heavy (non-hydrogen) atoms. The monoisotopic (exact) mass is 585 g/mol. The molecule has 4 nitrogen and oxygen atoms in total. The van der Waals surface area contributed by atoms with Gasteiger partial charge >= 0.3 is 47.6 Å². The zero-order valence-corrected chi connectivity index (χ0v) is 16.7.